The minimum absolute atomic E-state index is 0.315. The topological polar surface area (TPSA) is 72.2 Å². The molecule has 4 nitrogen and oxygen atoms in total. The largest absolute Gasteiger partial charge is 0.397 e. The Morgan fingerprint density at radius 2 is 1.89 bits per heavy atom. The highest BCUT2D eigenvalue weighted by Crippen LogP contribution is 2.28. The smallest absolute Gasteiger partial charge is 0.235 e. The van der Waals surface area contributed by atoms with Gasteiger partial charge in [-0.1, -0.05) is 30.9 Å². The Kier molecular flexibility index (Phi) is 4.02. The molecule has 0 bridgehead atoms. The van der Waals surface area contributed by atoms with Crippen molar-refractivity contribution in [3.8, 4) is 0 Å². The molecule has 1 aromatic carbocycles. The average Bonchev–Trinajstić information content (AvgIpc) is 2.35. The van der Waals surface area contributed by atoms with Gasteiger partial charge in [0.2, 0.25) is 10.0 Å². The molecule has 0 heterocycles. The van der Waals surface area contributed by atoms with E-state index in [0.717, 1.165) is 32.1 Å². The predicted octanol–water partition coefficient (Wildman–Crippen LogP) is 3.00. The average molecular weight is 289 g/mol. The van der Waals surface area contributed by atoms with Gasteiger partial charge in [-0.3, -0.25) is 4.72 Å². The lowest BCUT2D eigenvalue weighted by atomic mass is 10.0. The maximum Gasteiger partial charge on any atom is 0.235 e. The van der Waals surface area contributed by atoms with Gasteiger partial charge in [0, 0.05) is 5.02 Å². The van der Waals surface area contributed by atoms with E-state index in [4.69, 9.17) is 17.3 Å². The highest BCUT2D eigenvalue weighted by molar-refractivity contribution is 7.93. The highest BCUT2D eigenvalue weighted by Gasteiger charge is 2.27. The van der Waals surface area contributed by atoms with Crippen LogP contribution in [0.1, 0.15) is 32.1 Å². The second-order valence-electron chi connectivity index (χ2n) is 4.64. The summed E-state index contributed by atoms with van der Waals surface area (Å²) in [5.74, 6) is 0. The van der Waals surface area contributed by atoms with E-state index in [1.165, 1.54) is 6.07 Å². The fourth-order valence-electron chi connectivity index (χ4n) is 2.23. The van der Waals surface area contributed by atoms with Gasteiger partial charge in [-0.15, -0.1) is 0 Å². The summed E-state index contributed by atoms with van der Waals surface area (Å²) < 4.78 is 27.0. The van der Waals surface area contributed by atoms with Gasteiger partial charge in [0.05, 0.1) is 16.6 Å². The van der Waals surface area contributed by atoms with Crippen molar-refractivity contribution in [1.82, 2.24) is 0 Å². The monoisotopic (exact) mass is 288 g/mol. The number of sulfonamides is 1. The number of nitrogens with two attached hydrogens (primary N) is 1. The van der Waals surface area contributed by atoms with Crippen LogP contribution in [0.5, 0.6) is 0 Å². The summed E-state index contributed by atoms with van der Waals surface area (Å²) in [5.41, 5.74) is 6.50. The Bertz CT molecular complexity index is 525. The van der Waals surface area contributed by atoms with Crippen LogP contribution in [0.3, 0.4) is 0 Å². The Morgan fingerprint density at radius 3 is 2.56 bits per heavy atom. The van der Waals surface area contributed by atoms with E-state index in [1.54, 1.807) is 12.1 Å². The number of hydrogen-bond donors (Lipinski definition) is 2. The summed E-state index contributed by atoms with van der Waals surface area (Å²) >= 11 is 5.84. The molecule has 0 aromatic heterocycles. The van der Waals surface area contributed by atoms with E-state index in [2.05, 4.69) is 4.72 Å². The molecule has 0 unspecified atom stereocenters. The third-order valence-corrected chi connectivity index (χ3v) is 5.35. The molecule has 0 spiro atoms. The molecule has 1 aliphatic rings. The minimum Gasteiger partial charge on any atom is -0.397 e. The number of halogens is 1. The lowest BCUT2D eigenvalue weighted by Crippen LogP contribution is -2.30. The van der Waals surface area contributed by atoms with Gasteiger partial charge in [-0.2, -0.15) is 0 Å². The molecule has 0 aliphatic heterocycles. The summed E-state index contributed by atoms with van der Waals surface area (Å²) in [7, 11) is -3.36. The molecular weight excluding hydrogens is 272 g/mol. The van der Waals surface area contributed by atoms with Crippen LogP contribution in [0.4, 0.5) is 11.4 Å². The molecule has 1 aliphatic carbocycles. The number of benzene rings is 1. The maximum atomic E-state index is 12.2. The Hall–Kier alpha value is -0.940. The lowest BCUT2D eigenvalue weighted by Gasteiger charge is -2.22. The van der Waals surface area contributed by atoms with Gasteiger partial charge in [0.1, 0.15) is 0 Å². The van der Waals surface area contributed by atoms with Gasteiger partial charge >= 0.3 is 0 Å². The molecule has 0 atom stereocenters. The molecule has 3 N–H and O–H groups in total. The zero-order valence-corrected chi connectivity index (χ0v) is 11.6. The molecule has 18 heavy (non-hydrogen) atoms. The molecule has 0 amide bonds. The molecular formula is C12H17ClN2O2S. The Balaban J connectivity index is 2.18. The first-order chi connectivity index (χ1) is 8.49. The van der Waals surface area contributed by atoms with E-state index in [9.17, 15) is 8.42 Å². The van der Waals surface area contributed by atoms with Crippen LogP contribution in [0, 0.1) is 0 Å². The van der Waals surface area contributed by atoms with Crippen LogP contribution in [0.2, 0.25) is 5.02 Å². The van der Waals surface area contributed by atoms with Crippen molar-refractivity contribution in [3.05, 3.63) is 23.2 Å². The molecule has 1 aromatic rings. The normalized spacial score (nSPS) is 17.6. The zero-order valence-electron chi connectivity index (χ0n) is 10.0. The standard InChI is InChI=1S/C12H17ClN2O2S/c13-9-6-7-11(14)12(8-9)15-18(16,17)10-4-2-1-3-5-10/h6-8,10,15H,1-5,14H2. The van der Waals surface area contributed by atoms with Crippen molar-refractivity contribution in [2.24, 2.45) is 0 Å². The summed E-state index contributed by atoms with van der Waals surface area (Å²) in [6, 6.07) is 4.77. The van der Waals surface area contributed by atoms with Crippen molar-refractivity contribution >= 4 is 33.0 Å². The highest BCUT2D eigenvalue weighted by atomic mass is 35.5. The van der Waals surface area contributed by atoms with E-state index in [0.29, 0.717) is 16.4 Å². The molecule has 0 saturated heterocycles. The third-order valence-electron chi connectivity index (χ3n) is 3.26. The van der Waals surface area contributed by atoms with Gasteiger partial charge in [0.25, 0.3) is 0 Å². The van der Waals surface area contributed by atoms with Gasteiger partial charge in [-0.25, -0.2) is 8.42 Å². The number of rotatable bonds is 3. The number of nitrogens with one attached hydrogen (secondary N) is 1. The van der Waals surface area contributed by atoms with Gasteiger partial charge in [0.15, 0.2) is 0 Å². The summed E-state index contributed by atoms with van der Waals surface area (Å²) in [6.07, 6.45) is 4.49. The van der Waals surface area contributed by atoms with Crippen LogP contribution in [-0.4, -0.2) is 13.7 Å². The number of hydrogen-bond acceptors (Lipinski definition) is 3. The van der Waals surface area contributed by atoms with E-state index < -0.39 is 10.0 Å². The molecule has 0 radical (unpaired) electrons. The fraction of sp³-hybridized carbons (Fsp3) is 0.500. The van der Waals surface area contributed by atoms with Crippen molar-refractivity contribution in [1.29, 1.82) is 0 Å². The minimum atomic E-state index is -3.36. The molecule has 6 heteroatoms. The summed E-state index contributed by atoms with van der Waals surface area (Å²) in [6.45, 7) is 0. The lowest BCUT2D eigenvalue weighted by molar-refractivity contribution is 0.486. The van der Waals surface area contributed by atoms with Crippen LogP contribution in [0.25, 0.3) is 0 Å². The third kappa shape index (κ3) is 3.09. The first-order valence-electron chi connectivity index (χ1n) is 6.06. The van der Waals surface area contributed by atoms with Crippen molar-refractivity contribution in [3.63, 3.8) is 0 Å². The fourth-order valence-corrected chi connectivity index (χ4v) is 4.00. The Morgan fingerprint density at radius 1 is 1.22 bits per heavy atom. The first-order valence-corrected chi connectivity index (χ1v) is 7.98. The first kappa shape index (κ1) is 13.5. The van der Waals surface area contributed by atoms with E-state index in [-0.39, 0.29) is 5.25 Å². The van der Waals surface area contributed by atoms with Crippen LogP contribution < -0.4 is 10.5 Å². The second-order valence-corrected chi connectivity index (χ2v) is 7.04. The molecule has 2 rings (SSSR count). The molecule has 100 valence electrons. The number of anilines is 2. The van der Waals surface area contributed by atoms with Crippen LogP contribution >= 0.6 is 11.6 Å². The summed E-state index contributed by atoms with van der Waals surface area (Å²) in [4.78, 5) is 0. The zero-order chi connectivity index (χ0) is 13.2. The van der Waals surface area contributed by atoms with E-state index in [1.807, 2.05) is 0 Å². The van der Waals surface area contributed by atoms with Gasteiger partial charge in [-0.05, 0) is 31.0 Å². The van der Waals surface area contributed by atoms with Crippen molar-refractivity contribution in [2.75, 3.05) is 10.5 Å². The van der Waals surface area contributed by atoms with E-state index >= 15 is 0 Å². The van der Waals surface area contributed by atoms with Crippen LogP contribution in [0.15, 0.2) is 18.2 Å². The van der Waals surface area contributed by atoms with Crippen molar-refractivity contribution < 1.29 is 8.42 Å². The SMILES string of the molecule is Nc1ccc(Cl)cc1NS(=O)(=O)C1CCCCC1. The Labute approximate surface area is 113 Å². The summed E-state index contributed by atoms with van der Waals surface area (Å²) in [5, 5.41) is 0.148. The number of nitrogen functional groups attached to an aromatic ring is 1. The van der Waals surface area contributed by atoms with Crippen molar-refractivity contribution in [2.45, 2.75) is 37.4 Å². The van der Waals surface area contributed by atoms with Crippen LogP contribution in [-0.2, 0) is 10.0 Å². The quantitative estimate of drug-likeness (QED) is 0.840. The molecule has 1 fully saturated rings. The van der Waals surface area contributed by atoms with Gasteiger partial charge < -0.3 is 5.73 Å². The second kappa shape index (κ2) is 5.36. The molecule has 1 saturated carbocycles. The maximum absolute atomic E-state index is 12.2. The predicted molar refractivity (Wildman–Crippen MR) is 75.3 cm³/mol.